The molecule has 6 heteroatoms. The summed E-state index contributed by atoms with van der Waals surface area (Å²) in [4.78, 5) is 21.7. The lowest BCUT2D eigenvalue weighted by atomic mass is 9.92. The van der Waals surface area contributed by atoms with Gasteiger partial charge < -0.3 is 10.4 Å². The molecule has 0 radical (unpaired) electrons. The van der Waals surface area contributed by atoms with E-state index in [0.717, 1.165) is 45.6 Å². The fraction of sp³-hybridized carbons (Fsp3) is 0.714. The summed E-state index contributed by atoms with van der Waals surface area (Å²) in [6.45, 7) is 8.86. The predicted octanol–water partition coefficient (Wildman–Crippen LogP) is 1.65. The number of carbonyl (C=O) groups excluding carboxylic acids is 1. The van der Waals surface area contributed by atoms with Crippen molar-refractivity contribution >= 4 is 5.91 Å². The summed E-state index contributed by atoms with van der Waals surface area (Å²) in [6, 6.07) is 4.77. The van der Waals surface area contributed by atoms with Gasteiger partial charge in [0, 0.05) is 31.5 Å². The molecule has 0 aromatic carbocycles. The van der Waals surface area contributed by atoms with Gasteiger partial charge in [-0.05, 0) is 76.9 Å². The van der Waals surface area contributed by atoms with Crippen LogP contribution in [0.25, 0.3) is 0 Å². The number of nitrogens with zero attached hydrogens (tertiary/aromatic N) is 3. The van der Waals surface area contributed by atoms with E-state index in [1.165, 1.54) is 18.4 Å². The van der Waals surface area contributed by atoms with Crippen LogP contribution in [0.1, 0.15) is 45.1 Å². The third-order valence-electron chi connectivity index (χ3n) is 5.91. The molecule has 1 atom stereocenters. The molecular formula is C21H34N4O2. The Bertz CT molecular complexity index is 599. The molecule has 0 spiro atoms. The molecule has 2 N–H and O–H groups in total. The Kier molecular flexibility index (Phi) is 6.84. The lowest BCUT2D eigenvalue weighted by Crippen LogP contribution is -2.54. The summed E-state index contributed by atoms with van der Waals surface area (Å²) < 4.78 is 0. The topological polar surface area (TPSA) is 68.7 Å². The van der Waals surface area contributed by atoms with Gasteiger partial charge in [-0.3, -0.25) is 19.6 Å². The van der Waals surface area contributed by atoms with Crippen LogP contribution in [0.4, 0.5) is 0 Å². The monoisotopic (exact) mass is 374 g/mol. The molecule has 2 saturated heterocycles. The van der Waals surface area contributed by atoms with Gasteiger partial charge in [-0.1, -0.05) is 0 Å². The summed E-state index contributed by atoms with van der Waals surface area (Å²) in [7, 11) is 0. The van der Waals surface area contributed by atoms with Gasteiger partial charge in [-0.15, -0.1) is 0 Å². The fourth-order valence-electron chi connectivity index (χ4n) is 4.22. The molecule has 0 saturated carbocycles. The van der Waals surface area contributed by atoms with Gasteiger partial charge in [0.15, 0.2) is 0 Å². The number of aliphatic hydroxyl groups is 1. The molecule has 3 heterocycles. The number of nitrogens with one attached hydrogen (secondary N) is 1. The second kappa shape index (κ2) is 9.13. The number of amides is 1. The quantitative estimate of drug-likeness (QED) is 0.792. The average molecular weight is 375 g/mol. The highest BCUT2D eigenvalue weighted by Crippen LogP contribution is 2.25. The van der Waals surface area contributed by atoms with E-state index < -0.39 is 5.54 Å². The first-order valence-electron chi connectivity index (χ1n) is 10.2. The lowest BCUT2D eigenvalue weighted by Gasteiger charge is -2.42. The second-order valence-electron chi connectivity index (χ2n) is 8.73. The van der Waals surface area contributed by atoms with Gasteiger partial charge in [-0.25, -0.2) is 0 Å². The fourth-order valence-corrected chi connectivity index (χ4v) is 4.22. The van der Waals surface area contributed by atoms with E-state index in [4.69, 9.17) is 0 Å². The van der Waals surface area contributed by atoms with Crippen LogP contribution in [0.5, 0.6) is 0 Å². The maximum atomic E-state index is 12.6. The Morgan fingerprint density at radius 2 is 1.93 bits per heavy atom. The normalized spacial score (nSPS) is 23.3. The van der Waals surface area contributed by atoms with Crippen molar-refractivity contribution in [1.29, 1.82) is 0 Å². The SMILES string of the molecule is CC(C)(CO)NC(=O)C1CCCN(C2CCN(Cc3ccncc3)CC2)C1. The van der Waals surface area contributed by atoms with Gasteiger partial charge in [0.1, 0.15) is 0 Å². The van der Waals surface area contributed by atoms with Gasteiger partial charge in [-0.2, -0.15) is 0 Å². The molecule has 2 fully saturated rings. The first kappa shape index (κ1) is 20.2. The molecule has 1 aromatic rings. The van der Waals surface area contributed by atoms with E-state index in [0.29, 0.717) is 6.04 Å². The molecule has 1 unspecified atom stereocenters. The highest BCUT2D eigenvalue weighted by molar-refractivity contribution is 5.79. The summed E-state index contributed by atoms with van der Waals surface area (Å²) in [6.07, 6.45) is 8.08. The molecule has 6 nitrogen and oxygen atoms in total. The van der Waals surface area contributed by atoms with Crippen LogP contribution in [-0.4, -0.2) is 70.2 Å². The number of aliphatic hydroxyl groups excluding tert-OH is 1. The summed E-state index contributed by atoms with van der Waals surface area (Å²) in [5, 5.41) is 12.4. The summed E-state index contributed by atoms with van der Waals surface area (Å²) >= 11 is 0. The van der Waals surface area contributed by atoms with E-state index in [-0.39, 0.29) is 18.4 Å². The average Bonchev–Trinajstić information content (AvgIpc) is 2.69. The molecule has 2 aliphatic heterocycles. The zero-order valence-corrected chi connectivity index (χ0v) is 16.7. The molecular weight excluding hydrogens is 340 g/mol. The molecule has 0 aliphatic carbocycles. The van der Waals surface area contributed by atoms with E-state index in [2.05, 4.69) is 32.2 Å². The third kappa shape index (κ3) is 5.74. The lowest BCUT2D eigenvalue weighted by molar-refractivity contribution is -0.129. The van der Waals surface area contributed by atoms with Crippen molar-refractivity contribution in [1.82, 2.24) is 20.1 Å². The number of piperidine rings is 2. The minimum absolute atomic E-state index is 0.0366. The number of hydrogen-bond donors (Lipinski definition) is 2. The van der Waals surface area contributed by atoms with Crippen LogP contribution in [0.3, 0.4) is 0 Å². The maximum absolute atomic E-state index is 12.6. The van der Waals surface area contributed by atoms with Gasteiger partial charge >= 0.3 is 0 Å². The Morgan fingerprint density at radius 3 is 2.59 bits per heavy atom. The molecule has 27 heavy (non-hydrogen) atoms. The highest BCUT2D eigenvalue weighted by atomic mass is 16.3. The molecule has 1 amide bonds. The summed E-state index contributed by atoms with van der Waals surface area (Å²) in [5.74, 6) is 0.133. The van der Waals surface area contributed by atoms with Crippen molar-refractivity contribution < 1.29 is 9.90 Å². The van der Waals surface area contributed by atoms with Crippen LogP contribution < -0.4 is 5.32 Å². The Balaban J connectivity index is 1.47. The highest BCUT2D eigenvalue weighted by Gasteiger charge is 2.33. The summed E-state index contributed by atoms with van der Waals surface area (Å²) in [5.41, 5.74) is 0.780. The van der Waals surface area contributed by atoms with Crippen molar-refractivity contribution in [3.63, 3.8) is 0 Å². The molecule has 150 valence electrons. The third-order valence-corrected chi connectivity index (χ3v) is 5.91. The van der Waals surface area contributed by atoms with Crippen LogP contribution >= 0.6 is 0 Å². The predicted molar refractivity (Wildman–Crippen MR) is 106 cm³/mol. The van der Waals surface area contributed by atoms with Crippen molar-refractivity contribution in [3.05, 3.63) is 30.1 Å². The Labute approximate surface area is 163 Å². The van der Waals surface area contributed by atoms with Crippen LogP contribution in [-0.2, 0) is 11.3 Å². The van der Waals surface area contributed by atoms with E-state index in [1.54, 1.807) is 0 Å². The van der Waals surface area contributed by atoms with Gasteiger partial charge in [0.05, 0.1) is 18.1 Å². The molecule has 0 bridgehead atoms. The van der Waals surface area contributed by atoms with E-state index in [1.807, 2.05) is 26.2 Å². The van der Waals surface area contributed by atoms with Gasteiger partial charge in [0.2, 0.25) is 5.91 Å². The van der Waals surface area contributed by atoms with Crippen molar-refractivity contribution in [2.24, 2.45) is 5.92 Å². The molecule has 3 rings (SSSR count). The number of carbonyl (C=O) groups is 1. The van der Waals surface area contributed by atoms with Gasteiger partial charge in [0.25, 0.3) is 0 Å². The van der Waals surface area contributed by atoms with Crippen LogP contribution in [0.15, 0.2) is 24.5 Å². The zero-order chi connectivity index (χ0) is 19.3. The minimum Gasteiger partial charge on any atom is -0.394 e. The first-order valence-corrected chi connectivity index (χ1v) is 10.2. The minimum atomic E-state index is -0.544. The second-order valence-corrected chi connectivity index (χ2v) is 8.73. The van der Waals surface area contributed by atoms with Crippen molar-refractivity contribution in [3.8, 4) is 0 Å². The first-order chi connectivity index (χ1) is 13.0. The van der Waals surface area contributed by atoms with E-state index >= 15 is 0 Å². The van der Waals surface area contributed by atoms with Crippen molar-refractivity contribution in [2.45, 2.75) is 57.7 Å². The smallest absolute Gasteiger partial charge is 0.224 e. The van der Waals surface area contributed by atoms with Crippen LogP contribution in [0.2, 0.25) is 0 Å². The van der Waals surface area contributed by atoms with Crippen molar-refractivity contribution in [2.75, 3.05) is 32.8 Å². The number of hydrogen-bond acceptors (Lipinski definition) is 5. The molecule has 1 aromatic heterocycles. The largest absolute Gasteiger partial charge is 0.394 e. The zero-order valence-electron chi connectivity index (χ0n) is 16.7. The Hall–Kier alpha value is -1.50. The maximum Gasteiger partial charge on any atom is 0.224 e. The number of rotatable bonds is 6. The number of aromatic nitrogens is 1. The Morgan fingerprint density at radius 1 is 1.22 bits per heavy atom. The standard InChI is InChI=1S/C21H34N4O2/c1-21(2,16-26)23-20(27)18-4-3-11-25(15-18)19-7-12-24(13-8-19)14-17-5-9-22-10-6-17/h5-6,9-10,18-19,26H,3-4,7-8,11-16H2,1-2H3,(H,23,27). The molecule has 2 aliphatic rings. The van der Waals surface area contributed by atoms with Crippen LogP contribution in [0, 0.1) is 5.92 Å². The number of pyridine rings is 1. The number of likely N-dealkylation sites (tertiary alicyclic amines) is 2. The van der Waals surface area contributed by atoms with E-state index in [9.17, 15) is 9.90 Å².